The van der Waals surface area contributed by atoms with Crippen LogP contribution in [0.3, 0.4) is 0 Å². The number of para-hydroxylation sites is 1. The lowest BCUT2D eigenvalue weighted by atomic mass is 10.2. The van der Waals surface area contributed by atoms with E-state index in [9.17, 15) is 0 Å². The van der Waals surface area contributed by atoms with Crippen molar-refractivity contribution in [3.05, 3.63) is 60.0 Å². The molecule has 2 aromatic heterocycles. The zero-order chi connectivity index (χ0) is 15.4. The van der Waals surface area contributed by atoms with Crippen LogP contribution in [0.2, 0.25) is 0 Å². The molecule has 0 saturated carbocycles. The maximum Gasteiger partial charge on any atom is 0.230 e. The summed E-state index contributed by atoms with van der Waals surface area (Å²) in [6.45, 7) is 2.10. The van der Waals surface area contributed by atoms with E-state index in [0.717, 1.165) is 17.1 Å². The fraction of sp³-hybridized carbons (Fsp3) is 0.312. The molecule has 2 heterocycles. The molecule has 1 unspecified atom stereocenters. The van der Waals surface area contributed by atoms with Crippen molar-refractivity contribution in [2.45, 2.75) is 19.3 Å². The summed E-state index contributed by atoms with van der Waals surface area (Å²) in [5.41, 5.74) is 1.96. The van der Waals surface area contributed by atoms with Crippen LogP contribution in [0, 0.1) is 0 Å². The van der Waals surface area contributed by atoms with E-state index >= 15 is 0 Å². The molecular weight excluding hydrogens is 296 g/mol. The van der Waals surface area contributed by atoms with Gasteiger partial charge in [0.15, 0.2) is 5.82 Å². The Bertz CT molecular complexity index is 723. The van der Waals surface area contributed by atoms with Gasteiger partial charge in [0.2, 0.25) is 5.89 Å². The van der Waals surface area contributed by atoms with Crippen molar-refractivity contribution in [1.82, 2.24) is 19.9 Å². The number of benzene rings is 1. The van der Waals surface area contributed by atoms with E-state index in [4.69, 9.17) is 4.52 Å². The second-order valence-corrected chi connectivity index (χ2v) is 6.08. The lowest BCUT2D eigenvalue weighted by Gasteiger charge is -2.01. The predicted molar refractivity (Wildman–Crippen MR) is 87.5 cm³/mol. The van der Waals surface area contributed by atoms with Crippen LogP contribution in [-0.2, 0) is 6.42 Å². The molecule has 0 radical (unpaired) electrons. The van der Waals surface area contributed by atoms with Crippen molar-refractivity contribution >= 4 is 11.8 Å². The highest BCUT2D eigenvalue weighted by Gasteiger charge is 2.14. The van der Waals surface area contributed by atoms with Crippen molar-refractivity contribution in [1.29, 1.82) is 0 Å². The first-order valence-electron chi connectivity index (χ1n) is 7.17. The number of thioether (sulfide) groups is 1. The minimum absolute atomic E-state index is 0.276. The van der Waals surface area contributed by atoms with Crippen molar-refractivity contribution in [2.24, 2.45) is 0 Å². The van der Waals surface area contributed by atoms with Gasteiger partial charge in [-0.1, -0.05) is 30.3 Å². The van der Waals surface area contributed by atoms with E-state index in [0.29, 0.717) is 18.1 Å². The van der Waals surface area contributed by atoms with Crippen LogP contribution >= 0.6 is 11.8 Å². The second-order valence-electron chi connectivity index (χ2n) is 5.17. The van der Waals surface area contributed by atoms with Gasteiger partial charge in [-0.2, -0.15) is 21.8 Å². The molecule has 3 rings (SSSR count). The molecule has 0 aliphatic carbocycles. The predicted octanol–water partition coefficient (Wildman–Crippen LogP) is 3.31. The minimum Gasteiger partial charge on any atom is -0.339 e. The van der Waals surface area contributed by atoms with Gasteiger partial charge in [-0.25, -0.2) is 4.68 Å². The Morgan fingerprint density at radius 2 is 2.05 bits per heavy atom. The van der Waals surface area contributed by atoms with E-state index in [1.807, 2.05) is 47.3 Å². The molecule has 0 saturated heterocycles. The van der Waals surface area contributed by atoms with Crippen LogP contribution in [0.5, 0.6) is 0 Å². The monoisotopic (exact) mass is 314 g/mol. The quantitative estimate of drug-likeness (QED) is 0.698. The third-order valence-corrected chi connectivity index (χ3v) is 4.16. The van der Waals surface area contributed by atoms with Crippen LogP contribution in [0.15, 0.2) is 47.1 Å². The van der Waals surface area contributed by atoms with Crippen molar-refractivity contribution in [3.63, 3.8) is 0 Å². The minimum atomic E-state index is 0.276. The average molecular weight is 314 g/mol. The molecule has 5 nitrogen and oxygen atoms in total. The van der Waals surface area contributed by atoms with Gasteiger partial charge in [-0.05, 0) is 24.5 Å². The third kappa shape index (κ3) is 3.39. The fourth-order valence-electron chi connectivity index (χ4n) is 2.20. The zero-order valence-electron chi connectivity index (χ0n) is 12.6. The molecule has 1 aromatic carbocycles. The van der Waals surface area contributed by atoms with E-state index in [-0.39, 0.29) is 5.92 Å². The lowest BCUT2D eigenvalue weighted by Crippen LogP contribution is -1.99. The Balaban J connectivity index is 1.70. The Labute approximate surface area is 133 Å². The number of hydrogen-bond donors (Lipinski definition) is 0. The summed E-state index contributed by atoms with van der Waals surface area (Å²) in [4.78, 5) is 4.47. The highest BCUT2D eigenvalue weighted by molar-refractivity contribution is 7.98. The maximum atomic E-state index is 5.33. The standard InChI is InChI=1S/C16H18N4OS/c1-12(11-22-2)16-17-15(19-21-16)10-13-8-9-20(18-13)14-6-4-3-5-7-14/h3-9,12H,10-11H2,1-2H3. The fourth-order valence-corrected chi connectivity index (χ4v) is 2.85. The molecule has 6 heteroatoms. The highest BCUT2D eigenvalue weighted by Crippen LogP contribution is 2.18. The zero-order valence-corrected chi connectivity index (χ0v) is 13.5. The first-order valence-corrected chi connectivity index (χ1v) is 8.57. The molecule has 0 aliphatic heterocycles. The Kier molecular flexibility index (Phi) is 4.58. The molecule has 114 valence electrons. The molecule has 0 amide bonds. The summed E-state index contributed by atoms with van der Waals surface area (Å²) < 4.78 is 7.19. The van der Waals surface area contributed by atoms with E-state index in [1.54, 1.807) is 11.8 Å². The van der Waals surface area contributed by atoms with Gasteiger partial charge in [0.25, 0.3) is 0 Å². The molecule has 22 heavy (non-hydrogen) atoms. The SMILES string of the molecule is CSCC(C)c1nc(Cc2ccn(-c3ccccc3)n2)no1. The molecule has 0 N–H and O–H groups in total. The van der Waals surface area contributed by atoms with Gasteiger partial charge in [0.05, 0.1) is 17.8 Å². The molecule has 0 aliphatic rings. The third-order valence-electron chi connectivity index (χ3n) is 3.33. The average Bonchev–Trinajstić information content (AvgIpc) is 3.18. The topological polar surface area (TPSA) is 56.7 Å². The summed E-state index contributed by atoms with van der Waals surface area (Å²) in [5.74, 6) is 2.64. The molecule has 0 fully saturated rings. The van der Waals surface area contributed by atoms with Crippen LogP contribution in [-0.4, -0.2) is 31.9 Å². The molecular formula is C16H18N4OS. The van der Waals surface area contributed by atoms with Gasteiger partial charge >= 0.3 is 0 Å². The summed E-state index contributed by atoms with van der Waals surface area (Å²) in [6, 6.07) is 12.0. The van der Waals surface area contributed by atoms with Gasteiger partial charge in [0.1, 0.15) is 0 Å². The van der Waals surface area contributed by atoms with Crippen molar-refractivity contribution in [3.8, 4) is 5.69 Å². The van der Waals surface area contributed by atoms with Crippen LogP contribution < -0.4 is 0 Å². The van der Waals surface area contributed by atoms with Gasteiger partial charge in [-0.3, -0.25) is 0 Å². The molecule has 3 aromatic rings. The van der Waals surface area contributed by atoms with Crippen molar-refractivity contribution < 1.29 is 4.52 Å². The Hall–Kier alpha value is -2.08. The first-order chi connectivity index (χ1) is 10.8. The lowest BCUT2D eigenvalue weighted by molar-refractivity contribution is 0.362. The molecule has 0 spiro atoms. The largest absolute Gasteiger partial charge is 0.339 e. The summed E-state index contributed by atoms with van der Waals surface area (Å²) in [5, 5.41) is 8.61. The molecule has 0 bridgehead atoms. The molecule has 1 atom stereocenters. The van der Waals surface area contributed by atoms with Crippen LogP contribution in [0.4, 0.5) is 0 Å². The van der Waals surface area contributed by atoms with Gasteiger partial charge in [0, 0.05) is 17.9 Å². The number of hydrogen-bond acceptors (Lipinski definition) is 5. The summed E-state index contributed by atoms with van der Waals surface area (Å²) in [7, 11) is 0. The Morgan fingerprint density at radius 3 is 2.82 bits per heavy atom. The van der Waals surface area contributed by atoms with E-state index in [2.05, 4.69) is 28.4 Å². The van der Waals surface area contributed by atoms with Crippen LogP contribution in [0.25, 0.3) is 5.69 Å². The summed E-state index contributed by atoms with van der Waals surface area (Å²) >= 11 is 1.78. The smallest absolute Gasteiger partial charge is 0.230 e. The van der Waals surface area contributed by atoms with Crippen molar-refractivity contribution in [2.75, 3.05) is 12.0 Å². The van der Waals surface area contributed by atoms with Gasteiger partial charge < -0.3 is 4.52 Å². The van der Waals surface area contributed by atoms with Crippen LogP contribution in [0.1, 0.15) is 30.3 Å². The second kappa shape index (κ2) is 6.79. The normalized spacial score (nSPS) is 12.5. The first kappa shape index (κ1) is 14.8. The number of nitrogens with zero attached hydrogens (tertiary/aromatic N) is 4. The number of aromatic nitrogens is 4. The Morgan fingerprint density at radius 1 is 1.23 bits per heavy atom. The highest BCUT2D eigenvalue weighted by atomic mass is 32.2. The maximum absolute atomic E-state index is 5.33. The summed E-state index contributed by atoms with van der Waals surface area (Å²) in [6.07, 6.45) is 4.60. The van der Waals surface area contributed by atoms with E-state index < -0.39 is 0 Å². The van der Waals surface area contributed by atoms with E-state index in [1.165, 1.54) is 0 Å². The number of rotatable bonds is 6. The van der Waals surface area contributed by atoms with Gasteiger partial charge in [-0.15, -0.1) is 0 Å².